The SMILES string of the molecule is Cc1cc2c(cc1-c1n(-c3ccccc3C(C)C)c3ccccc3[n+]1C)oc1nc(F)cc(F)c12. The lowest BCUT2D eigenvalue weighted by molar-refractivity contribution is -0.633. The highest BCUT2D eigenvalue weighted by molar-refractivity contribution is 6.05. The number of halogens is 2. The van der Waals surface area contributed by atoms with Gasteiger partial charge in [0, 0.05) is 17.0 Å². The van der Waals surface area contributed by atoms with Crippen molar-refractivity contribution in [2.45, 2.75) is 26.7 Å². The molecule has 0 amide bonds. The van der Waals surface area contributed by atoms with Crippen LogP contribution in [0.15, 0.2) is 71.1 Å². The normalized spacial score (nSPS) is 12.0. The molecule has 0 atom stereocenters. The first kappa shape index (κ1) is 21.5. The van der Waals surface area contributed by atoms with Crippen molar-refractivity contribution in [2.75, 3.05) is 0 Å². The Bertz CT molecular complexity index is 1780. The van der Waals surface area contributed by atoms with Crippen molar-refractivity contribution in [1.82, 2.24) is 9.55 Å². The first-order valence-corrected chi connectivity index (χ1v) is 11.6. The van der Waals surface area contributed by atoms with Crippen molar-refractivity contribution in [2.24, 2.45) is 7.05 Å². The number of nitrogens with zero attached hydrogens (tertiary/aromatic N) is 3. The quantitative estimate of drug-likeness (QED) is 0.205. The Balaban J connectivity index is 1.73. The summed E-state index contributed by atoms with van der Waals surface area (Å²) in [6.45, 7) is 6.38. The van der Waals surface area contributed by atoms with Gasteiger partial charge in [0.2, 0.25) is 11.7 Å². The molecule has 6 rings (SSSR count). The van der Waals surface area contributed by atoms with Gasteiger partial charge in [-0.2, -0.15) is 13.9 Å². The molecule has 0 saturated heterocycles. The van der Waals surface area contributed by atoms with Crippen LogP contribution in [-0.4, -0.2) is 9.55 Å². The van der Waals surface area contributed by atoms with Crippen LogP contribution in [0, 0.1) is 18.7 Å². The van der Waals surface area contributed by atoms with E-state index in [0.717, 1.165) is 39.7 Å². The molecule has 3 aromatic carbocycles. The van der Waals surface area contributed by atoms with E-state index in [1.165, 1.54) is 5.56 Å². The van der Waals surface area contributed by atoms with Crippen molar-refractivity contribution < 1.29 is 17.8 Å². The fourth-order valence-electron chi connectivity index (χ4n) is 5.13. The minimum atomic E-state index is -0.900. The molecule has 4 nitrogen and oxygen atoms in total. The van der Waals surface area contributed by atoms with Gasteiger partial charge in [-0.1, -0.05) is 44.2 Å². The van der Waals surface area contributed by atoms with Crippen LogP contribution in [0.1, 0.15) is 30.9 Å². The number of benzene rings is 3. The van der Waals surface area contributed by atoms with Gasteiger partial charge < -0.3 is 4.42 Å². The summed E-state index contributed by atoms with van der Waals surface area (Å²) in [6, 6.07) is 21.3. The Kier molecular flexibility index (Phi) is 4.74. The first-order chi connectivity index (χ1) is 16.8. The van der Waals surface area contributed by atoms with Gasteiger partial charge in [0.1, 0.15) is 17.1 Å². The van der Waals surface area contributed by atoms with Crippen LogP contribution in [0.3, 0.4) is 0 Å². The molecule has 6 aromatic rings. The Morgan fingerprint density at radius 3 is 2.51 bits per heavy atom. The Labute approximate surface area is 201 Å². The molecule has 35 heavy (non-hydrogen) atoms. The number of furan rings is 1. The zero-order valence-corrected chi connectivity index (χ0v) is 19.9. The van der Waals surface area contributed by atoms with Crippen molar-refractivity contribution in [1.29, 1.82) is 0 Å². The van der Waals surface area contributed by atoms with Crippen molar-refractivity contribution in [3.05, 3.63) is 89.6 Å². The van der Waals surface area contributed by atoms with E-state index in [1.54, 1.807) is 0 Å². The second-order valence-corrected chi connectivity index (χ2v) is 9.29. The van der Waals surface area contributed by atoms with Gasteiger partial charge in [-0.05, 0) is 48.7 Å². The third kappa shape index (κ3) is 3.16. The number of rotatable bonds is 3. The van der Waals surface area contributed by atoms with E-state index in [4.69, 9.17) is 4.42 Å². The molecule has 0 unspecified atom stereocenters. The summed E-state index contributed by atoms with van der Waals surface area (Å²) < 4.78 is 38.7. The zero-order chi connectivity index (χ0) is 24.4. The molecule has 0 fully saturated rings. The fraction of sp³-hybridized carbons (Fsp3) is 0.172. The standard InChI is InChI=1S/C29H24F2N3O/c1-16(2)18-9-5-6-10-22(18)34-24-12-8-7-11-23(24)33(4)29(34)19-14-25-20(13-17(19)3)27-21(30)15-26(31)32-28(27)35-25/h5-16H,1-4H3/q+1. The number of aryl methyl sites for hydroxylation is 2. The molecule has 174 valence electrons. The van der Waals surface area contributed by atoms with E-state index in [2.05, 4.69) is 64.4 Å². The highest BCUT2D eigenvalue weighted by Gasteiger charge is 2.29. The largest absolute Gasteiger partial charge is 0.437 e. The highest BCUT2D eigenvalue weighted by Crippen LogP contribution is 2.37. The number of para-hydroxylation sites is 3. The summed E-state index contributed by atoms with van der Waals surface area (Å²) in [7, 11) is 2.05. The summed E-state index contributed by atoms with van der Waals surface area (Å²) in [5.41, 5.74) is 6.82. The Morgan fingerprint density at radius 2 is 1.71 bits per heavy atom. The lowest BCUT2D eigenvalue weighted by Gasteiger charge is -2.12. The van der Waals surface area contributed by atoms with Crippen LogP contribution >= 0.6 is 0 Å². The molecule has 6 heteroatoms. The summed E-state index contributed by atoms with van der Waals surface area (Å²) >= 11 is 0. The summed E-state index contributed by atoms with van der Waals surface area (Å²) in [6.07, 6.45) is 0. The van der Waals surface area contributed by atoms with Gasteiger partial charge >= 0.3 is 0 Å². The highest BCUT2D eigenvalue weighted by atomic mass is 19.1. The van der Waals surface area contributed by atoms with Crippen LogP contribution in [0.2, 0.25) is 0 Å². The van der Waals surface area contributed by atoms with Crippen molar-refractivity contribution in [3.63, 3.8) is 0 Å². The minimum Gasteiger partial charge on any atom is -0.437 e. The summed E-state index contributed by atoms with van der Waals surface area (Å²) in [5, 5.41) is 0.783. The van der Waals surface area contributed by atoms with E-state index in [-0.39, 0.29) is 11.1 Å². The average Bonchev–Trinajstić information content (AvgIpc) is 3.33. The number of pyridine rings is 1. The third-order valence-corrected chi connectivity index (χ3v) is 6.76. The fourth-order valence-corrected chi connectivity index (χ4v) is 5.13. The lowest BCUT2D eigenvalue weighted by atomic mass is 10.00. The predicted octanol–water partition coefficient (Wildman–Crippen LogP) is 7.13. The van der Waals surface area contributed by atoms with Gasteiger partial charge in [-0.25, -0.2) is 8.96 Å². The molecule has 3 heterocycles. The smallest absolute Gasteiger partial charge is 0.295 e. The van der Waals surface area contributed by atoms with Crippen LogP contribution in [0.5, 0.6) is 0 Å². The number of hydrogen-bond donors (Lipinski definition) is 0. The molecule has 0 saturated carbocycles. The Morgan fingerprint density at radius 1 is 0.971 bits per heavy atom. The van der Waals surface area contributed by atoms with Gasteiger partial charge in [0.25, 0.3) is 5.82 Å². The number of fused-ring (bicyclic) bond motifs is 4. The monoisotopic (exact) mass is 468 g/mol. The van der Waals surface area contributed by atoms with E-state index < -0.39 is 11.8 Å². The second kappa shape index (κ2) is 7.73. The van der Waals surface area contributed by atoms with Crippen LogP contribution < -0.4 is 4.57 Å². The van der Waals surface area contributed by atoms with Crippen LogP contribution in [0.4, 0.5) is 8.78 Å². The van der Waals surface area contributed by atoms with Crippen molar-refractivity contribution >= 4 is 33.1 Å². The predicted molar refractivity (Wildman–Crippen MR) is 134 cm³/mol. The van der Waals surface area contributed by atoms with E-state index >= 15 is 0 Å². The topological polar surface area (TPSA) is 34.8 Å². The third-order valence-electron chi connectivity index (χ3n) is 6.76. The Hall–Kier alpha value is -4.06. The number of imidazole rings is 1. The molecular weight excluding hydrogens is 444 g/mol. The zero-order valence-electron chi connectivity index (χ0n) is 19.9. The van der Waals surface area contributed by atoms with Crippen LogP contribution in [-0.2, 0) is 7.05 Å². The summed E-state index contributed by atoms with van der Waals surface area (Å²) in [4.78, 5) is 3.77. The average molecular weight is 469 g/mol. The lowest BCUT2D eigenvalue weighted by Crippen LogP contribution is -2.30. The molecule has 0 radical (unpaired) electrons. The van der Waals surface area contributed by atoms with E-state index in [0.29, 0.717) is 16.9 Å². The first-order valence-electron chi connectivity index (χ1n) is 11.6. The molecule has 0 aliphatic rings. The van der Waals surface area contributed by atoms with Gasteiger partial charge in [-0.3, -0.25) is 0 Å². The summed E-state index contributed by atoms with van der Waals surface area (Å²) in [5.74, 6) is -0.279. The minimum absolute atomic E-state index is 0.0378. The van der Waals surface area contributed by atoms with Crippen molar-refractivity contribution in [3.8, 4) is 17.1 Å². The maximum Gasteiger partial charge on any atom is 0.295 e. The van der Waals surface area contributed by atoms with Gasteiger partial charge in [0.05, 0.1) is 18.0 Å². The molecule has 0 aliphatic carbocycles. The molecule has 3 aromatic heterocycles. The molecule has 0 spiro atoms. The maximum atomic E-state index is 14.6. The molecule has 0 aliphatic heterocycles. The van der Waals surface area contributed by atoms with Gasteiger partial charge in [0.15, 0.2) is 11.0 Å². The van der Waals surface area contributed by atoms with Crippen LogP contribution in [0.25, 0.3) is 50.2 Å². The molecule has 0 N–H and O–H groups in total. The second-order valence-electron chi connectivity index (χ2n) is 9.29. The maximum absolute atomic E-state index is 14.6. The molecule has 0 bridgehead atoms. The van der Waals surface area contributed by atoms with E-state index in [9.17, 15) is 8.78 Å². The molecular formula is C29H24F2N3O+. The van der Waals surface area contributed by atoms with Gasteiger partial charge in [-0.15, -0.1) is 0 Å². The van der Waals surface area contributed by atoms with E-state index in [1.807, 2.05) is 38.2 Å². The number of hydrogen-bond acceptors (Lipinski definition) is 2. The number of aromatic nitrogens is 3.